The van der Waals surface area contributed by atoms with Gasteiger partial charge in [-0.15, -0.1) is 0 Å². The number of pyridine rings is 2. The summed E-state index contributed by atoms with van der Waals surface area (Å²) in [5.74, 6) is -2.51. The van der Waals surface area contributed by atoms with Crippen LogP contribution in [0.25, 0.3) is 44.1 Å². The van der Waals surface area contributed by atoms with Crippen LogP contribution in [0, 0.1) is 17.5 Å². The fraction of sp³-hybridized carbons (Fsp3) is 0.167. The molecule has 4 N–H and O–H groups in total. The van der Waals surface area contributed by atoms with Crippen molar-refractivity contribution in [1.82, 2.24) is 9.97 Å². The Kier molecular flexibility index (Phi) is 8.55. The van der Waals surface area contributed by atoms with Crippen molar-refractivity contribution in [2.24, 2.45) is 0 Å². The van der Waals surface area contributed by atoms with Crippen molar-refractivity contribution >= 4 is 21.8 Å². The number of hydrogen-bond donors (Lipinski definition) is 4. The molecule has 0 amide bonds. The summed E-state index contributed by atoms with van der Waals surface area (Å²) in [5, 5.41) is 41.3. The third-order valence-electron chi connectivity index (χ3n) is 7.54. The van der Waals surface area contributed by atoms with E-state index in [1.807, 2.05) is 27.7 Å². The van der Waals surface area contributed by atoms with E-state index in [2.05, 4.69) is 9.97 Å². The molecule has 0 aliphatic rings. The van der Waals surface area contributed by atoms with E-state index in [1.165, 1.54) is 36.5 Å². The molecule has 0 unspecified atom stereocenters. The van der Waals surface area contributed by atoms with E-state index in [9.17, 15) is 33.6 Å². The lowest BCUT2D eigenvalue weighted by atomic mass is 9.95. The number of rotatable bonds is 4. The van der Waals surface area contributed by atoms with Gasteiger partial charge in [0.15, 0.2) is 11.6 Å². The molecule has 0 atom stereocenters. The zero-order valence-corrected chi connectivity index (χ0v) is 25.0. The Morgan fingerprint density at radius 1 is 0.600 bits per heavy atom. The maximum absolute atomic E-state index is 14.7. The summed E-state index contributed by atoms with van der Waals surface area (Å²) in [6.45, 7) is 7.47. The summed E-state index contributed by atoms with van der Waals surface area (Å²) in [4.78, 5) is 8.07. The third kappa shape index (κ3) is 6.06. The van der Waals surface area contributed by atoms with Gasteiger partial charge in [0.25, 0.3) is 0 Å². The van der Waals surface area contributed by atoms with Gasteiger partial charge in [-0.25, -0.2) is 13.2 Å². The van der Waals surface area contributed by atoms with E-state index in [1.54, 1.807) is 36.5 Å². The van der Waals surface area contributed by atoms with Crippen molar-refractivity contribution < 1.29 is 33.6 Å². The highest BCUT2D eigenvalue weighted by Gasteiger charge is 2.18. The second-order valence-electron chi connectivity index (χ2n) is 11.3. The maximum Gasteiger partial charge on any atom is 0.184 e. The smallest absolute Gasteiger partial charge is 0.184 e. The molecule has 9 heteroatoms. The Hall–Kier alpha value is -5.31. The molecule has 45 heavy (non-hydrogen) atoms. The largest absolute Gasteiger partial charge is 0.507 e. The number of phenolic OH excluding ortho intramolecular Hbond substituents is 4. The predicted molar refractivity (Wildman–Crippen MR) is 169 cm³/mol. The number of hydrogen-bond acceptors (Lipinski definition) is 6. The third-order valence-corrected chi connectivity index (χ3v) is 7.54. The van der Waals surface area contributed by atoms with Gasteiger partial charge in [-0.2, -0.15) is 0 Å². The minimum Gasteiger partial charge on any atom is -0.507 e. The molecule has 2 aromatic heterocycles. The molecule has 230 valence electrons. The average Bonchev–Trinajstić information content (AvgIpc) is 2.98. The van der Waals surface area contributed by atoms with Crippen molar-refractivity contribution in [3.05, 3.63) is 108 Å². The van der Waals surface area contributed by atoms with Crippen molar-refractivity contribution in [3.63, 3.8) is 0 Å². The molecule has 0 saturated heterocycles. The summed E-state index contributed by atoms with van der Waals surface area (Å²) >= 11 is 0. The van der Waals surface area contributed by atoms with Gasteiger partial charge in [-0.05, 0) is 89.7 Å². The molecule has 0 radical (unpaired) electrons. The van der Waals surface area contributed by atoms with Crippen molar-refractivity contribution in [3.8, 4) is 45.3 Å². The number of phenols is 4. The molecule has 0 fully saturated rings. The SMILES string of the molecule is CC(C)c1c(O)cc(-c2ccc3ncccc3c2F)cc1O.CC(C)c1c(O)cc(-c2cnc3c(F)c(F)ccc3c2)cc1O. The number of aromatic nitrogens is 2. The summed E-state index contributed by atoms with van der Waals surface area (Å²) in [6.07, 6.45) is 2.99. The van der Waals surface area contributed by atoms with Crippen molar-refractivity contribution in [2.75, 3.05) is 0 Å². The Balaban J connectivity index is 0.000000178. The van der Waals surface area contributed by atoms with Crippen LogP contribution in [-0.4, -0.2) is 30.4 Å². The van der Waals surface area contributed by atoms with Crippen LogP contribution < -0.4 is 0 Å². The van der Waals surface area contributed by atoms with E-state index in [-0.39, 0.29) is 40.4 Å². The first-order valence-corrected chi connectivity index (χ1v) is 14.3. The van der Waals surface area contributed by atoms with E-state index < -0.39 is 17.5 Å². The molecule has 2 heterocycles. The van der Waals surface area contributed by atoms with Crippen LogP contribution in [0.4, 0.5) is 13.2 Å². The molecular formula is C36H31F3N2O4. The van der Waals surface area contributed by atoms with E-state index in [0.717, 1.165) is 6.07 Å². The van der Waals surface area contributed by atoms with Crippen LogP contribution >= 0.6 is 0 Å². The number of nitrogens with zero attached hydrogens (tertiary/aromatic N) is 2. The zero-order chi connectivity index (χ0) is 32.6. The van der Waals surface area contributed by atoms with Crippen molar-refractivity contribution in [2.45, 2.75) is 39.5 Å². The Morgan fingerprint density at radius 2 is 1.18 bits per heavy atom. The molecule has 4 aromatic carbocycles. The van der Waals surface area contributed by atoms with Gasteiger partial charge in [-0.3, -0.25) is 9.97 Å². The number of benzene rings is 4. The van der Waals surface area contributed by atoms with Gasteiger partial charge in [0.2, 0.25) is 0 Å². The fourth-order valence-corrected chi connectivity index (χ4v) is 5.39. The first-order chi connectivity index (χ1) is 21.4. The summed E-state index contributed by atoms with van der Waals surface area (Å²) in [5.41, 5.74) is 3.33. The summed E-state index contributed by atoms with van der Waals surface area (Å²) in [7, 11) is 0. The number of aromatic hydroxyl groups is 4. The molecule has 0 saturated carbocycles. The number of halogens is 3. The zero-order valence-electron chi connectivity index (χ0n) is 25.0. The van der Waals surface area contributed by atoms with Gasteiger partial charge in [0.05, 0.1) is 5.52 Å². The molecule has 0 aliphatic heterocycles. The maximum atomic E-state index is 14.7. The fourth-order valence-electron chi connectivity index (χ4n) is 5.39. The second kappa shape index (κ2) is 12.4. The number of fused-ring (bicyclic) bond motifs is 2. The van der Waals surface area contributed by atoms with E-state index in [0.29, 0.717) is 49.7 Å². The molecule has 6 nitrogen and oxygen atoms in total. The van der Waals surface area contributed by atoms with E-state index in [4.69, 9.17) is 0 Å². The van der Waals surface area contributed by atoms with Gasteiger partial charge < -0.3 is 20.4 Å². The minimum absolute atomic E-state index is 0.0135. The standard InChI is InChI=1S/C18H15F2NO2.C18H16FNO2/c1-9(2)16-14(22)6-11(7-15(16)23)12-5-10-3-4-13(19)17(20)18(10)21-8-12;1-10(2)17-15(21)8-11(9-16(17)22)12-5-6-14-13(18(12)19)4-3-7-20-14/h3-9,22-23H,1-2H3;3-10,21-22H,1-2H3. The summed E-state index contributed by atoms with van der Waals surface area (Å²) < 4.78 is 41.6. The first-order valence-electron chi connectivity index (χ1n) is 14.3. The van der Waals surface area contributed by atoms with Crippen LogP contribution in [0.3, 0.4) is 0 Å². The Bertz CT molecular complexity index is 2020. The Labute approximate surface area is 257 Å². The van der Waals surface area contributed by atoms with Crippen LogP contribution in [-0.2, 0) is 0 Å². The normalized spacial score (nSPS) is 11.3. The molecular weight excluding hydrogens is 581 g/mol. The molecule has 0 bridgehead atoms. The topological polar surface area (TPSA) is 107 Å². The highest BCUT2D eigenvalue weighted by Crippen LogP contribution is 2.40. The van der Waals surface area contributed by atoms with E-state index >= 15 is 0 Å². The van der Waals surface area contributed by atoms with Gasteiger partial charge in [0, 0.05) is 45.4 Å². The molecule has 0 aliphatic carbocycles. The highest BCUT2D eigenvalue weighted by atomic mass is 19.2. The average molecular weight is 613 g/mol. The predicted octanol–water partition coefficient (Wildman–Crippen LogP) is 9.29. The van der Waals surface area contributed by atoms with Gasteiger partial charge in [0.1, 0.15) is 34.3 Å². The minimum atomic E-state index is -0.991. The van der Waals surface area contributed by atoms with Crippen LogP contribution in [0.2, 0.25) is 0 Å². The lowest BCUT2D eigenvalue weighted by Crippen LogP contribution is -1.93. The lowest BCUT2D eigenvalue weighted by molar-refractivity contribution is 0.432. The Morgan fingerprint density at radius 3 is 1.76 bits per heavy atom. The van der Waals surface area contributed by atoms with Gasteiger partial charge in [-0.1, -0.05) is 27.7 Å². The van der Waals surface area contributed by atoms with Gasteiger partial charge >= 0.3 is 0 Å². The molecule has 6 aromatic rings. The first kappa shape index (κ1) is 31.1. The quantitative estimate of drug-likeness (QED) is 0.158. The second-order valence-corrected chi connectivity index (χ2v) is 11.3. The molecule has 0 spiro atoms. The summed E-state index contributed by atoms with van der Waals surface area (Å²) in [6, 6.07) is 16.8. The van der Waals surface area contributed by atoms with Crippen LogP contribution in [0.15, 0.2) is 79.1 Å². The molecule has 6 rings (SSSR count). The monoisotopic (exact) mass is 612 g/mol. The highest BCUT2D eigenvalue weighted by molar-refractivity contribution is 5.86. The lowest BCUT2D eigenvalue weighted by Gasteiger charge is -2.14. The van der Waals surface area contributed by atoms with Crippen molar-refractivity contribution in [1.29, 1.82) is 0 Å². The van der Waals surface area contributed by atoms with Crippen LogP contribution in [0.1, 0.15) is 50.7 Å². The van der Waals surface area contributed by atoms with Crippen LogP contribution in [0.5, 0.6) is 23.0 Å².